The SMILES string of the molecule is COc1cc(Nc2c(C(=O)N3CCCCC3)cnc3nc(C)ccc23)cc(OC)c1OC.Cl. The molecule has 8 nitrogen and oxygen atoms in total. The van der Waals surface area contributed by atoms with E-state index in [1.807, 2.05) is 36.1 Å². The minimum atomic E-state index is -0.0328. The fraction of sp³-hybridized carbons (Fsp3) is 0.375. The fourth-order valence-corrected chi connectivity index (χ4v) is 4.03. The van der Waals surface area contributed by atoms with Gasteiger partial charge >= 0.3 is 0 Å². The maximum atomic E-state index is 13.4. The van der Waals surface area contributed by atoms with Crippen molar-refractivity contribution in [2.45, 2.75) is 26.2 Å². The Morgan fingerprint density at radius 3 is 2.27 bits per heavy atom. The van der Waals surface area contributed by atoms with Crippen LogP contribution in [0.5, 0.6) is 17.2 Å². The first-order valence-corrected chi connectivity index (χ1v) is 10.7. The Morgan fingerprint density at radius 2 is 1.67 bits per heavy atom. The van der Waals surface area contributed by atoms with Crippen LogP contribution in [-0.2, 0) is 0 Å². The van der Waals surface area contributed by atoms with E-state index in [1.165, 1.54) is 0 Å². The van der Waals surface area contributed by atoms with Crippen LogP contribution in [-0.4, -0.2) is 55.2 Å². The van der Waals surface area contributed by atoms with E-state index in [2.05, 4.69) is 15.3 Å². The number of halogens is 1. The standard InChI is InChI=1S/C24H28N4O4.ClH/c1-15-8-9-17-21(27-16-12-19(30-2)22(32-4)20(13-16)31-3)18(14-25-23(17)26-15)24(29)28-10-6-5-7-11-28;/h8-9,12-14H,5-7,10-11H2,1-4H3,(H,25,26,27);1H. The molecule has 0 bridgehead atoms. The van der Waals surface area contributed by atoms with Crippen LogP contribution >= 0.6 is 12.4 Å². The number of aromatic nitrogens is 2. The molecular weight excluding hydrogens is 444 g/mol. The smallest absolute Gasteiger partial charge is 0.257 e. The van der Waals surface area contributed by atoms with Crippen molar-refractivity contribution >= 4 is 40.7 Å². The van der Waals surface area contributed by atoms with Crippen LogP contribution in [0.1, 0.15) is 35.3 Å². The van der Waals surface area contributed by atoms with Crippen LogP contribution in [0.3, 0.4) is 0 Å². The molecule has 3 heterocycles. The lowest BCUT2D eigenvalue weighted by Gasteiger charge is -2.27. The summed E-state index contributed by atoms with van der Waals surface area (Å²) in [5.74, 6) is 1.51. The normalized spacial score (nSPS) is 13.3. The Kier molecular flexibility index (Phi) is 7.81. The highest BCUT2D eigenvalue weighted by Crippen LogP contribution is 2.41. The summed E-state index contributed by atoms with van der Waals surface area (Å²) in [5.41, 5.74) is 3.31. The second-order valence-electron chi connectivity index (χ2n) is 7.76. The average Bonchev–Trinajstić information content (AvgIpc) is 2.83. The van der Waals surface area contributed by atoms with Crippen LogP contribution in [0.2, 0.25) is 0 Å². The monoisotopic (exact) mass is 472 g/mol. The summed E-state index contributed by atoms with van der Waals surface area (Å²) in [6.07, 6.45) is 4.80. The van der Waals surface area contributed by atoms with Crippen LogP contribution in [0.15, 0.2) is 30.5 Å². The molecule has 2 aromatic heterocycles. The first-order valence-electron chi connectivity index (χ1n) is 10.7. The molecule has 1 aliphatic rings. The number of carbonyl (C=O) groups is 1. The molecule has 176 valence electrons. The molecule has 0 aliphatic carbocycles. The number of hydrogen-bond acceptors (Lipinski definition) is 7. The van der Waals surface area contributed by atoms with Crippen LogP contribution < -0.4 is 19.5 Å². The molecule has 1 N–H and O–H groups in total. The van der Waals surface area contributed by atoms with Crippen molar-refractivity contribution in [3.63, 3.8) is 0 Å². The lowest BCUT2D eigenvalue weighted by Crippen LogP contribution is -2.36. The first-order chi connectivity index (χ1) is 15.5. The zero-order valence-electron chi connectivity index (χ0n) is 19.3. The number of piperidine rings is 1. The molecule has 33 heavy (non-hydrogen) atoms. The highest BCUT2D eigenvalue weighted by atomic mass is 35.5. The molecule has 1 aromatic carbocycles. The molecule has 1 fully saturated rings. The Balaban J connectivity index is 0.00000306. The minimum Gasteiger partial charge on any atom is -0.493 e. The molecule has 9 heteroatoms. The van der Waals surface area contributed by atoms with Gasteiger partial charge in [-0.05, 0) is 38.3 Å². The molecule has 0 saturated carbocycles. The molecule has 3 aromatic rings. The van der Waals surface area contributed by atoms with Crippen molar-refractivity contribution in [3.05, 3.63) is 41.7 Å². The number of hydrogen-bond donors (Lipinski definition) is 1. The van der Waals surface area contributed by atoms with Gasteiger partial charge in [0.2, 0.25) is 5.75 Å². The highest BCUT2D eigenvalue weighted by Gasteiger charge is 2.24. The molecule has 0 radical (unpaired) electrons. The predicted molar refractivity (Wildman–Crippen MR) is 131 cm³/mol. The lowest BCUT2D eigenvalue weighted by molar-refractivity contribution is 0.0725. The number of aryl methyl sites for hydroxylation is 1. The Bertz CT molecular complexity index is 1120. The second kappa shape index (κ2) is 10.6. The Morgan fingerprint density at radius 1 is 1.00 bits per heavy atom. The number of methoxy groups -OCH3 is 3. The number of nitrogens with one attached hydrogen (secondary N) is 1. The van der Waals surface area contributed by atoms with Gasteiger partial charge in [-0.15, -0.1) is 12.4 Å². The Labute approximate surface area is 199 Å². The summed E-state index contributed by atoms with van der Waals surface area (Å²) in [7, 11) is 4.70. The van der Waals surface area contributed by atoms with Crippen molar-refractivity contribution < 1.29 is 19.0 Å². The van der Waals surface area contributed by atoms with E-state index in [9.17, 15) is 4.79 Å². The number of pyridine rings is 2. The van der Waals surface area contributed by atoms with Crippen molar-refractivity contribution in [1.29, 1.82) is 0 Å². The van der Waals surface area contributed by atoms with E-state index in [0.717, 1.165) is 43.4 Å². The van der Waals surface area contributed by atoms with Gasteiger partial charge < -0.3 is 24.4 Å². The molecule has 1 saturated heterocycles. The summed E-state index contributed by atoms with van der Waals surface area (Å²) < 4.78 is 16.4. The summed E-state index contributed by atoms with van der Waals surface area (Å²) >= 11 is 0. The largest absolute Gasteiger partial charge is 0.493 e. The lowest BCUT2D eigenvalue weighted by atomic mass is 10.1. The van der Waals surface area contributed by atoms with Gasteiger partial charge in [-0.25, -0.2) is 9.97 Å². The molecule has 0 unspecified atom stereocenters. The molecule has 4 rings (SSSR count). The van der Waals surface area contributed by atoms with Gasteiger partial charge in [-0.2, -0.15) is 0 Å². The van der Waals surface area contributed by atoms with E-state index < -0.39 is 0 Å². The predicted octanol–water partition coefficient (Wildman–Crippen LogP) is 4.76. The van der Waals surface area contributed by atoms with E-state index in [4.69, 9.17) is 14.2 Å². The average molecular weight is 473 g/mol. The van der Waals surface area contributed by atoms with Gasteiger partial charge in [0.25, 0.3) is 5.91 Å². The number of nitrogens with zero attached hydrogens (tertiary/aromatic N) is 3. The van der Waals surface area contributed by atoms with Gasteiger partial charge in [0.05, 0.1) is 32.6 Å². The van der Waals surface area contributed by atoms with E-state index in [1.54, 1.807) is 27.5 Å². The number of ether oxygens (including phenoxy) is 3. The quantitative estimate of drug-likeness (QED) is 0.553. The van der Waals surface area contributed by atoms with Crippen molar-refractivity contribution in [1.82, 2.24) is 14.9 Å². The van der Waals surface area contributed by atoms with E-state index in [-0.39, 0.29) is 18.3 Å². The number of likely N-dealkylation sites (tertiary alicyclic amines) is 1. The van der Waals surface area contributed by atoms with E-state index in [0.29, 0.717) is 39.8 Å². The van der Waals surface area contributed by atoms with E-state index >= 15 is 0 Å². The zero-order chi connectivity index (χ0) is 22.7. The Hall–Kier alpha value is -3.26. The molecule has 1 aliphatic heterocycles. The fourth-order valence-electron chi connectivity index (χ4n) is 4.03. The third-order valence-corrected chi connectivity index (χ3v) is 5.68. The van der Waals surface area contributed by atoms with Crippen LogP contribution in [0, 0.1) is 6.92 Å². The molecule has 0 spiro atoms. The molecule has 0 atom stereocenters. The molecular formula is C24H29ClN4O4. The number of fused-ring (bicyclic) bond motifs is 1. The zero-order valence-corrected chi connectivity index (χ0v) is 20.1. The van der Waals surface area contributed by atoms with Crippen molar-refractivity contribution in [2.75, 3.05) is 39.7 Å². The van der Waals surface area contributed by atoms with Gasteiger partial charge in [-0.3, -0.25) is 4.79 Å². The third kappa shape index (κ3) is 4.90. The summed E-state index contributed by atoms with van der Waals surface area (Å²) in [4.78, 5) is 24.3. The second-order valence-corrected chi connectivity index (χ2v) is 7.76. The minimum absolute atomic E-state index is 0. The van der Waals surface area contributed by atoms with Gasteiger partial charge in [-0.1, -0.05) is 0 Å². The summed E-state index contributed by atoms with van der Waals surface area (Å²) in [6, 6.07) is 7.48. The highest BCUT2D eigenvalue weighted by molar-refractivity contribution is 6.07. The topological polar surface area (TPSA) is 85.8 Å². The maximum Gasteiger partial charge on any atom is 0.257 e. The van der Waals surface area contributed by atoms with Crippen LogP contribution in [0.25, 0.3) is 11.0 Å². The van der Waals surface area contributed by atoms with Crippen molar-refractivity contribution in [2.24, 2.45) is 0 Å². The van der Waals surface area contributed by atoms with Gasteiger partial charge in [0.15, 0.2) is 17.1 Å². The number of benzene rings is 1. The third-order valence-electron chi connectivity index (χ3n) is 5.68. The number of anilines is 2. The number of rotatable bonds is 6. The number of amides is 1. The number of carbonyl (C=O) groups excluding carboxylic acids is 1. The first kappa shape index (κ1) is 24.4. The van der Waals surface area contributed by atoms with Gasteiger partial charge in [0.1, 0.15) is 0 Å². The summed E-state index contributed by atoms with van der Waals surface area (Å²) in [6.45, 7) is 3.43. The van der Waals surface area contributed by atoms with Crippen molar-refractivity contribution in [3.8, 4) is 17.2 Å². The van der Waals surface area contributed by atoms with Crippen LogP contribution in [0.4, 0.5) is 11.4 Å². The summed E-state index contributed by atoms with van der Waals surface area (Å²) in [5, 5.41) is 4.18. The molecule has 1 amide bonds. The van der Waals surface area contributed by atoms with Gasteiger partial charge in [0, 0.05) is 48.2 Å². The maximum absolute atomic E-state index is 13.4.